The Bertz CT molecular complexity index is 529. The molecule has 0 spiro atoms. The van der Waals surface area contributed by atoms with E-state index in [9.17, 15) is 0 Å². The molecule has 1 aromatic heterocycles. The number of hydrogen-bond acceptors (Lipinski definition) is 3. The Morgan fingerprint density at radius 3 is 2.94 bits per heavy atom. The Morgan fingerprint density at radius 2 is 2.11 bits per heavy atom. The highest BCUT2D eigenvalue weighted by atomic mass is 16.5. The van der Waals surface area contributed by atoms with Crippen LogP contribution in [-0.4, -0.2) is 36.1 Å². The monoisotopic (exact) mass is 245 g/mol. The minimum atomic E-state index is 0.746. The fourth-order valence-electron chi connectivity index (χ4n) is 2.51. The molecule has 18 heavy (non-hydrogen) atoms. The van der Waals surface area contributed by atoms with Gasteiger partial charge in [-0.3, -0.25) is 4.90 Å². The van der Waals surface area contributed by atoms with E-state index in [-0.39, 0.29) is 0 Å². The Labute approximate surface area is 107 Å². The molecular weight excluding hydrogens is 226 g/mol. The third kappa shape index (κ3) is 2.29. The van der Waals surface area contributed by atoms with E-state index in [4.69, 9.17) is 10.5 Å². The van der Waals surface area contributed by atoms with Gasteiger partial charge in [-0.25, -0.2) is 0 Å². The number of fused-ring (bicyclic) bond motifs is 1. The van der Waals surface area contributed by atoms with Crippen LogP contribution in [0.4, 0.5) is 5.69 Å². The van der Waals surface area contributed by atoms with Gasteiger partial charge in [-0.2, -0.15) is 0 Å². The molecule has 0 saturated carbocycles. The number of anilines is 1. The quantitative estimate of drug-likeness (QED) is 0.868. The van der Waals surface area contributed by atoms with E-state index in [0.717, 1.165) is 35.5 Å². The maximum Gasteiger partial charge on any atom is 0.120 e. The number of aromatic nitrogens is 1. The second-order valence-corrected chi connectivity index (χ2v) is 4.85. The number of nitrogens with one attached hydrogen (secondary N) is 1. The second kappa shape index (κ2) is 4.90. The van der Waals surface area contributed by atoms with E-state index in [1.165, 1.54) is 25.9 Å². The van der Waals surface area contributed by atoms with Crippen molar-refractivity contribution in [3.8, 4) is 5.75 Å². The lowest BCUT2D eigenvalue weighted by Crippen LogP contribution is -2.25. The molecule has 3 rings (SSSR count). The summed E-state index contributed by atoms with van der Waals surface area (Å²) in [6.45, 7) is 4.19. The predicted molar refractivity (Wildman–Crippen MR) is 73.9 cm³/mol. The molecule has 4 heteroatoms. The van der Waals surface area contributed by atoms with Crippen molar-refractivity contribution in [2.24, 2.45) is 0 Å². The molecule has 0 bridgehead atoms. The van der Waals surface area contributed by atoms with Gasteiger partial charge in [0.05, 0.1) is 5.69 Å². The molecular formula is C14H19N3O. The number of H-pyrrole nitrogens is 1. The zero-order valence-corrected chi connectivity index (χ0v) is 10.5. The van der Waals surface area contributed by atoms with E-state index >= 15 is 0 Å². The summed E-state index contributed by atoms with van der Waals surface area (Å²) in [5.74, 6) is 0.896. The van der Waals surface area contributed by atoms with Crippen molar-refractivity contribution in [3.05, 3.63) is 24.4 Å². The van der Waals surface area contributed by atoms with E-state index in [0.29, 0.717) is 0 Å². The first-order valence-corrected chi connectivity index (χ1v) is 6.55. The van der Waals surface area contributed by atoms with Crippen LogP contribution in [-0.2, 0) is 0 Å². The number of benzene rings is 1. The molecule has 96 valence electrons. The maximum atomic E-state index is 5.88. The summed E-state index contributed by atoms with van der Waals surface area (Å²) in [7, 11) is 0. The summed E-state index contributed by atoms with van der Waals surface area (Å²) < 4.78 is 5.79. The van der Waals surface area contributed by atoms with Gasteiger partial charge in [-0.05, 0) is 44.1 Å². The molecule has 2 aromatic rings. The van der Waals surface area contributed by atoms with Gasteiger partial charge in [-0.15, -0.1) is 0 Å². The number of likely N-dealkylation sites (tertiary alicyclic amines) is 1. The van der Waals surface area contributed by atoms with Crippen LogP contribution in [0.15, 0.2) is 24.4 Å². The number of nitrogen functional groups attached to an aromatic ring is 1. The normalized spacial score (nSPS) is 16.4. The number of rotatable bonds is 4. The van der Waals surface area contributed by atoms with Crippen molar-refractivity contribution in [3.63, 3.8) is 0 Å². The summed E-state index contributed by atoms with van der Waals surface area (Å²) in [5, 5.41) is 1.04. The van der Waals surface area contributed by atoms with Crippen molar-refractivity contribution < 1.29 is 4.74 Å². The summed E-state index contributed by atoms with van der Waals surface area (Å²) in [6, 6.07) is 6.00. The number of hydrogen-bond donors (Lipinski definition) is 2. The molecule has 0 aliphatic carbocycles. The smallest absolute Gasteiger partial charge is 0.120 e. The van der Waals surface area contributed by atoms with Crippen LogP contribution in [0.2, 0.25) is 0 Å². The van der Waals surface area contributed by atoms with Crippen LogP contribution in [0.3, 0.4) is 0 Å². The van der Waals surface area contributed by atoms with Crippen molar-refractivity contribution in [1.29, 1.82) is 0 Å². The van der Waals surface area contributed by atoms with E-state index in [2.05, 4.69) is 9.88 Å². The highest BCUT2D eigenvalue weighted by molar-refractivity contribution is 5.92. The number of nitrogens with two attached hydrogens (primary N) is 1. The third-order valence-electron chi connectivity index (χ3n) is 3.56. The zero-order chi connectivity index (χ0) is 12.4. The molecule has 3 N–H and O–H groups in total. The van der Waals surface area contributed by atoms with Gasteiger partial charge in [0.25, 0.3) is 0 Å². The maximum absolute atomic E-state index is 5.88. The first kappa shape index (κ1) is 11.4. The Kier molecular flexibility index (Phi) is 3.11. The first-order chi connectivity index (χ1) is 8.83. The van der Waals surface area contributed by atoms with Gasteiger partial charge < -0.3 is 15.5 Å². The fourth-order valence-corrected chi connectivity index (χ4v) is 2.51. The van der Waals surface area contributed by atoms with E-state index in [1.807, 2.05) is 24.4 Å². The summed E-state index contributed by atoms with van der Waals surface area (Å²) in [4.78, 5) is 5.57. The van der Waals surface area contributed by atoms with Crippen LogP contribution in [0.1, 0.15) is 12.8 Å². The summed E-state index contributed by atoms with van der Waals surface area (Å²) >= 11 is 0. The van der Waals surface area contributed by atoms with Crippen LogP contribution in [0.5, 0.6) is 5.75 Å². The number of aromatic amines is 1. The van der Waals surface area contributed by atoms with Crippen LogP contribution >= 0.6 is 0 Å². The standard InChI is InChI=1S/C14H19N3O/c15-13-10-16-14-4-3-11(9-12(13)14)18-8-7-17-5-1-2-6-17/h3-4,9-10,16H,1-2,5-8,15H2. The Balaban J connectivity index is 1.61. The van der Waals surface area contributed by atoms with Crippen LogP contribution in [0, 0.1) is 0 Å². The van der Waals surface area contributed by atoms with Crippen LogP contribution in [0.25, 0.3) is 10.9 Å². The SMILES string of the molecule is Nc1c[nH]c2ccc(OCCN3CCCC3)cc12. The Morgan fingerprint density at radius 1 is 1.28 bits per heavy atom. The lowest BCUT2D eigenvalue weighted by Gasteiger charge is -2.14. The topological polar surface area (TPSA) is 54.3 Å². The van der Waals surface area contributed by atoms with Gasteiger partial charge in [0.15, 0.2) is 0 Å². The lowest BCUT2D eigenvalue weighted by atomic mass is 10.2. The van der Waals surface area contributed by atoms with E-state index < -0.39 is 0 Å². The second-order valence-electron chi connectivity index (χ2n) is 4.85. The molecule has 0 unspecified atom stereocenters. The minimum Gasteiger partial charge on any atom is -0.492 e. The molecule has 0 radical (unpaired) electrons. The van der Waals surface area contributed by atoms with Crippen molar-refractivity contribution in [1.82, 2.24) is 9.88 Å². The summed E-state index contributed by atoms with van der Waals surface area (Å²) in [6.07, 6.45) is 4.47. The molecule has 1 aliphatic heterocycles. The molecule has 1 fully saturated rings. The van der Waals surface area contributed by atoms with Crippen molar-refractivity contribution in [2.75, 3.05) is 32.0 Å². The molecule has 4 nitrogen and oxygen atoms in total. The average Bonchev–Trinajstić information content (AvgIpc) is 3.01. The minimum absolute atomic E-state index is 0.746. The van der Waals surface area contributed by atoms with E-state index in [1.54, 1.807) is 0 Å². The van der Waals surface area contributed by atoms with Gasteiger partial charge in [0.1, 0.15) is 12.4 Å². The van der Waals surface area contributed by atoms with Gasteiger partial charge in [0.2, 0.25) is 0 Å². The lowest BCUT2D eigenvalue weighted by molar-refractivity contribution is 0.238. The fraction of sp³-hybridized carbons (Fsp3) is 0.429. The number of nitrogens with zero attached hydrogens (tertiary/aromatic N) is 1. The molecule has 0 atom stereocenters. The third-order valence-corrected chi connectivity index (χ3v) is 3.56. The zero-order valence-electron chi connectivity index (χ0n) is 10.5. The van der Waals surface area contributed by atoms with Crippen molar-refractivity contribution >= 4 is 16.6 Å². The van der Waals surface area contributed by atoms with Gasteiger partial charge in [0, 0.05) is 23.6 Å². The largest absolute Gasteiger partial charge is 0.492 e. The Hall–Kier alpha value is -1.68. The predicted octanol–water partition coefficient (Wildman–Crippen LogP) is 2.22. The summed E-state index contributed by atoms with van der Waals surface area (Å²) in [5.41, 5.74) is 7.71. The molecule has 1 saturated heterocycles. The molecule has 1 aliphatic rings. The van der Waals surface area contributed by atoms with Gasteiger partial charge in [-0.1, -0.05) is 0 Å². The van der Waals surface area contributed by atoms with Crippen molar-refractivity contribution in [2.45, 2.75) is 12.8 Å². The average molecular weight is 245 g/mol. The van der Waals surface area contributed by atoms with Crippen LogP contribution < -0.4 is 10.5 Å². The van der Waals surface area contributed by atoms with Gasteiger partial charge >= 0.3 is 0 Å². The molecule has 1 aromatic carbocycles. The first-order valence-electron chi connectivity index (χ1n) is 6.55. The highest BCUT2D eigenvalue weighted by Gasteiger charge is 2.10. The molecule has 2 heterocycles. The molecule has 0 amide bonds. The highest BCUT2D eigenvalue weighted by Crippen LogP contribution is 2.25. The number of ether oxygens (including phenoxy) is 1.